The lowest BCUT2D eigenvalue weighted by molar-refractivity contribution is 0.406. The number of nitrogens with two attached hydrogens (primary N) is 1. The second kappa shape index (κ2) is 6.53. The Morgan fingerprint density at radius 3 is 2.50 bits per heavy atom. The van der Waals surface area contributed by atoms with Gasteiger partial charge in [0.1, 0.15) is 5.75 Å². The first kappa shape index (κ1) is 14.5. The smallest absolute Gasteiger partial charge is 0.128 e. The molecule has 0 saturated carbocycles. The van der Waals surface area contributed by atoms with E-state index in [9.17, 15) is 0 Å². The van der Waals surface area contributed by atoms with E-state index in [1.165, 1.54) is 5.56 Å². The highest BCUT2D eigenvalue weighted by atomic mass is 16.5. The molecule has 1 aromatic carbocycles. The molecule has 20 heavy (non-hydrogen) atoms. The molecule has 1 unspecified atom stereocenters. The lowest BCUT2D eigenvalue weighted by Gasteiger charge is -2.18. The van der Waals surface area contributed by atoms with Crippen LogP contribution in [-0.2, 0) is 6.42 Å². The zero-order valence-electron chi connectivity index (χ0n) is 12.4. The van der Waals surface area contributed by atoms with Crippen LogP contribution in [0.1, 0.15) is 28.3 Å². The molecular weight excluding hydrogens is 248 g/mol. The van der Waals surface area contributed by atoms with Crippen molar-refractivity contribution < 1.29 is 4.74 Å². The molecule has 0 radical (unpaired) electrons. The number of methoxy groups -OCH3 is 1. The van der Waals surface area contributed by atoms with Crippen LogP contribution in [0.25, 0.3) is 0 Å². The van der Waals surface area contributed by atoms with Crippen LogP contribution in [0, 0.1) is 13.8 Å². The molecule has 0 fully saturated rings. The van der Waals surface area contributed by atoms with Crippen molar-refractivity contribution in [1.29, 1.82) is 0 Å². The lowest BCUT2D eigenvalue weighted by Crippen LogP contribution is -2.16. The fourth-order valence-electron chi connectivity index (χ4n) is 2.57. The highest BCUT2D eigenvalue weighted by molar-refractivity contribution is 5.41. The van der Waals surface area contributed by atoms with Gasteiger partial charge in [0.25, 0.3) is 0 Å². The molecule has 0 bridgehead atoms. The van der Waals surface area contributed by atoms with Crippen LogP contribution in [0.2, 0.25) is 0 Å². The summed E-state index contributed by atoms with van der Waals surface area (Å²) in [5.74, 6) is 1.22. The third-order valence-electron chi connectivity index (χ3n) is 3.75. The first-order valence-corrected chi connectivity index (χ1v) is 6.91. The van der Waals surface area contributed by atoms with E-state index in [0.717, 1.165) is 29.0 Å². The van der Waals surface area contributed by atoms with Crippen LogP contribution < -0.4 is 10.5 Å². The van der Waals surface area contributed by atoms with Crippen molar-refractivity contribution in [2.45, 2.75) is 26.2 Å². The predicted octanol–water partition coefficient (Wildman–Crippen LogP) is 2.99. The lowest BCUT2D eigenvalue weighted by atomic mass is 9.92. The Kier molecular flexibility index (Phi) is 4.74. The summed E-state index contributed by atoms with van der Waals surface area (Å²) in [5, 5.41) is 0. The summed E-state index contributed by atoms with van der Waals surface area (Å²) >= 11 is 0. The second-order valence-electron chi connectivity index (χ2n) is 5.09. The Labute approximate surface area is 120 Å². The predicted molar refractivity (Wildman–Crippen MR) is 82.2 cm³/mol. The van der Waals surface area contributed by atoms with Crippen LogP contribution >= 0.6 is 0 Å². The molecule has 3 nitrogen and oxygen atoms in total. The molecule has 1 heterocycles. The number of rotatable bonds is 5. The summed E-state index contributed by atoms with van der Waals surface area (Å²) < 4.78 is 5.47. The van der Waals surface area contributed by atoms with E-state index in [1.54, 1.807) is 7.11 Å². The molecule has 0 aliphatic heterocycles. The Balaban J connectivity index is 2.29. The Hall–Kier alpha value is -1.87. The third-order valence-corrected chi connectivity index (χ3v) is 3.75. The van der Waals surface area contributed by atoms with Gasteiger partial charge in [-0.1, -0.05) is 30.3 Å². The van der Waals surface area contributed by atoms with E-state index in [-0.39, 0.29) is 5.92 Å². The van der Waals surface area contributed by atoms with Crippen molar-refractivity contribution in [1.82, 2.24) is 4.98 Å². The summed E-state index contributed by atoms with van der Waals surface area (Å²) in [5.41, 5.74) is 10.4. The van der Waals surface area contributed by atoms with Gasteiger partial charge in [0, 0.05) is 28.9 Å². The zero-order valence-corrected chi connectivity index (χ0v) is 12.4. The van der Waals surface area contributed by atoms with E-state index >= 15 is 0 Å². The minimum absolute atomic E-state index is 0.287. The molecule has 2 N–H and O–H groups in total. The minimum Gasteiger partial charge on any atom is -0.496 e. The number of nitrogens with zero attached hydrogens (tertiary/aromatic N) is 1. The van der Waals surface area contributed by atoms with Gasteiger partial charge < -0.3 is 10.5 Å². The molecule has 0 spiro atoms. The van der Waals surface area contributed by atoms with Crippen molar-refractivity contribution in [2.24, 2.45) is 5.73 Å². The van der Waals surface area contributed by atoms with Crippen LogP contribution in [0.15, 0.2) is 36.5 Å². The van der Waals surface area contributed by atoms with Crippen molar-refractivity contribution in [3.8, 4) is 5.75 Å². The van der Waals surface area contributed by atoms with Gasteiger partial charge in [0.2, 0.25) is 0 Å². The first-order chi connectivity index (χ1) is 9.67. The molecule has 2 aromatic rings. The topological polar surface area (TPSA) is 48.1 Å². The van der Waals surface area contributed by atoms with Gasteiger partial charge in [0.15, 0.2) is 0 Å². The maximum absolute atomic E-state index is 5.94. The van der Waals surface area contributed by atoms with Crippen molar-refractivity contribution in [2.75, 3.05) is 13.7 Å². The number of pyridine rings is 1. The molecular formula is C17H22N2O. The van der Waals surface area contributed by atoms with E-state index in [0.29, 0.717) is 6.54 Å². The molecule has 3 heteroatoms. The van der Waals surface area contributed by atoms with Gasteiger partial charge in [-0.2, -0.15) is 0 Å². The normalized spacial score (nSPS) is 12.2. The second-order valence-corrected chi connectivity index (χ2v) is 5.09. The van der Waals surface area contributed by atoms with Crippen LogP contribution in [0.5, 0.6) is 5.75 Å². The number of hydrogen-bond donors (Lipinski definition) is 1. The number of hydrogen-bond acceptors (Lipinski definition) is 3. The molecule has 0 aliphatic rings. The van der Waals surface area contributed by atoms with Gasteiger partial charge >= 0.3 is 0 Å². The molecule has 0 amide bonds. The number of aromatic nitrogens is 1. The van der Waals surface area contributed by atoms with Crippen LogP contribution in [0.3, 0.4) is 0 Å². The number of aryl methyl sites for hydroxylation is 1. The Morgan fingerprint density at radius 1 is 1.20 bits per heavy atom. The quantitative estimate of drug-likeness (QED) is 0.908. The van der Waals surface area contributed by atoms with Crippen molar-refractivity contribution >= 4 is 0 Å². The van der Waals surface area contributed by atoms with Gasteiger partial charge in [0.05, 0.1) is 7.11 Å². The highest BCUT2D eigenvalue weighted by Crippen LogP contribution is 2.27. The van der Waals surface area contributed by atoms with E-state index in [2.05, 4.69) is 24.0 Å². The summed E-state index contributed by atoms with van der Waals surface area (Å²) in [6.45, 7) is 4.69. The largest absolute Gasteiger partial charge is 0.496 e. The van der Waals surface area contributed by atoms with Crippen LogP contribution in [0.4, 0.5) is 0 Å². The maximum atomic E-state index is 5.94. The zero-order chi connectivity index (χ0) is 14.5. The molecule has 1 aromatic heterocycles. The maximum Gasteiger partial charge on any atom is 0.128 e. The third kappa shape index (κ3) is 2.99. The van der Waals surface area contributed by atoms with Gasteiger partial charge in [-0.15, -0.1) is 0 Å². The average Bonchev–Trinajstić information content (AvgIpc) is 2.48. The monoisotopic (exact) mass is 270 g/mol. The Morgan fingerprint density at radius 2 is 1.90 bits per heavy atom. The molecule has 2 rings (SSSR count). The van der Waals surface area contributed by atoms with Gasteiger partial charge in [-0.05, 0) is 32.4 Å². The highest BCUT2D eigenvalue weighted by Gasteiger charge is 2.15. The summed E-state index contributed by atoms with van der Waals surface area (Å²) in [6.07, 6.45) is 2.71. The standard InChI is InChI=1S/C17H22N2O/c1-12-11-19-16(13(2)17(12)20-3)9-15(10-18)14-7-5-4-6-8-14/h4-8,11,15H,9-10,18H2,1-3H3. The van der Waals surface area contributed by atoms with Gasteiger partial charge in [-0.3, -0.25) is 4.98 Å². The molecule has 0 aliphatic carbocycles. The van der Waals surface area contributed by atoms with Crippen LogP contribution in [-0.4, -0.2) is 18.6 Å². The van der Waals surface area contributed by atoms with Crippen molar-refractivity contribution in [3.63, 3.8) is 0 Å². The fourth-order valence-corrected chi connectivity index (χ4v) is 2.57. The fraction of sp³-hybridized carbons (Fsp3) is 0.353. The number of ether oxygens (including phenoxy) is 1. The summed E-state index contributed by atoms with van der Waals surface area (Å²) in [4.78, 5) is 4.56. The van der Waals surface area contributed by atoms with Crippen molar-refractivity contribution in [3.05, 3.63) is 58.9 Å². The van der Waals surface area contributed by atoms with E-state index in [1.807, 2.05) is 31.3 Å². The van der Waals surface area contributed by atoms with E-state index < -0.39 is 0 Å². The molecule has 106 valence electrons. The first-order valence-electron chi connectivity index (χ1n) is 6.91. The minimum atomic E-state index is 0.287. The SMILES string of the molecule is COc1c(C)cnc(CC(CN)c2ccccc2)c1C. The Bertz CT molecular complexity index is 567. The summed E-state index contributed by atoms with van der Waals surface area (Å²) in [7, 11) is 1.71. The number of benzene rings is 1. The summed E-state index contributed by atoms with van der Waals surface area (Å²) in [6, 6.07) is 10.4. The van der Waals surface area contributed by atoms with Gasteiger partial charge in [-0.25, -0.2) is 0 Å². The van der Waals surface area contributed by atoms with E-state index in [4.69, 9.17) is 10.5 Å². The average molecular weight is 270 g/mol. The molecule has 1 atom stereocenters. The molecule has 0 saturated heterocycles.